The highest BCUT2D eigenvalue weighted by atomic mass is 16.7. The standard InChI is InChI=1S/C27H50N3O4/c1-6-8-10-12-13-14-16-21-33-27(31)34-23-30(5)19-17-18-24(22-30)25(28-3)26(29-4)32-20-15-11-9-7-2/h18H,6-17,19-23H2,1-5H3/q+1. The Labute approximate surface area is 208 Å². The Bertz CT molecular complexity index is 660. The Morgan fingerprint density at radius 3 is 2.06 bits per heavy atom. The summed E-state index contributed by atoms with van der Waals surface area (Å²) in [5.74, 6) is 0.591. The number of hydrogen-bond donors (Lipinski definition) is 0. The van der Waals surface area contributed by atoms with Gasteiger partial charge in [0.1, 0.15) is 12.3 Å². The zero-order valence-electron chi connectivity index (χ0n) is 22.6. The van der Waals surface area contributed by atoms with Crippen LogP contribution < -0.4 is 0 Å². The molecule has 0 saturated heterocycles. The van der Waals surface area contributed by atoms with Gasteiger partial charge in [0.25, 0.3) is 0 Å². The Kier molecular flexibility index (Phi) is 16.3. The Balaban J connectivity index is 2.42. The van der Waals surface area contributed by atoms with Crippen molar-refractivity contribution in [1.82, 2.24) is 0 Å². The van der Waals surface area contributed by atoms with Crippen LogP contribution in [0.4, 0.5) is 4.79 Å². The van der Waals surface area contributed by atoms with Crippen molar-refractivity contribution in [3.05, 3.63) is 11.6 Å². The summed E-state index contributed by atoms with van der Waals surface area (Å²) in [6.45, 7) is 7.38. The third-order valence-corrected chi connectivity index (χ3v) is 6.24. The van der Waals surface area contributed by atoms with E-state index in [9.17, 15) is 4.79 Å². The average molecular weight is 481 g/mol. The number of nitrogens with zero attached hydrogens (tertiary/aromatic N) is 3. The van der Waals surface area contributed by atoms with E-state index in [0.29, 0.717) is 30.1 Å². The number of quaternary nitrogens is 1. The van der Waals surface area contributed by atoms with Gasteiger partial charge in [-0.15, -0.1) is 0 Å². The van der Waals surface area contributed by atoms with Crippen molar-refractivity contribution in [2.75, 3.05) is 54.2 Å². The molecule has 0 aromatic carbocycles. The van der Waals surface area contributed by atoms with E-state index in [1.807, 2.05) is 0 Å². The number of hydrogen-bond acceptors (Lipinski definition) is 6. The summed E-state index contributed by atoms with van der Waals surface area (Å²) < 4.78 is 17.3. The van der Waals surface area contributed by atoms with Crippen LogP contribution in [0.5, 0.6) is 0 Å². The number of aliphatic imine (C=N–C) groups is 2. The molecule has 0 radical (unpaired) electrons. The lowest BCUT2D eigenvalue weighted by atomic mass is 10.0. The van der Waals surface area contributed by atoms with E-state index in [-0.39, 0.29) is 6.73 Å². The van der Waals surface area contributed by atoms with Crippen LogP contribution in [0.2, 0.25) is 0 Å². The molecule has 1 atom stereocenters. The van der Waals surface area contributed by atoms with Crippen LogP contribution in [0.1, 0.15) is 90.9 Å². The maximum Gasteiger partial charge on any atom is 0.512 e. The second-order valence-electron chi connectivity index (χ2n) is 9.52. The van der Waals surface area contributed by atoms with Crippen molar-refractivity contribution in [2.45, 2.75) is 90.9 Å². The number of unbranched alkanes of at least 4 members (excludes halogenated alkanes) is 9. The van der Waals surface area contributed by atoms with Gasteiger partial charge in [-0.2, -0.15) is 0 Å². The van der Waals surface area contributed by atoms with Gasteiger partial charge in [0.05, 0.1) is 26.8 Å². The molecular formula is C27H50N3O4+. The molecule has 0 aromatic rings. The number of ether oxygens (including phenoxy) is 3. The minimum Gasteiger partial charge on any atom is -0.476 e. The fraction of sp³-hybridized carbons (Fsp3) is 0.815. The van der Waals surface area contributed by atoms with Gasteiger partial charge in [-0.25, -0.2) is 4.79 Å². The highest BCUT2D eigenvalue weighted by molar-refractivity contribution is 6.45. The average Bonchev–Trinajstić information content (AvgIpc) is 2.83. The van der Waals surface area contributed by atoms with Gasteiger partial charge in [-0.3, -0.25) is 14.5 Å². The molecular weight excluding hydrogens is 430 g/mol. The molecule has 0 spiro atoms. The molecule has 0 amide bonds. The second-order valence-corrected chi connectivity index (χ2v) is 9.52. The summed E-state index contributed by atoms with van der Waals surface area (Å²) in [6.07, 6.45) is 15.4. The monoisotopic (exact) mass is 480 g/mol. The summed E-state index contributed by atoms with van der Waals surface area (Å²) >= 11 is 0. The first-order valence-corrected chi connectivity index (χ1v) is 13.4. The van der Waals surface area contributed by atoms with E-state index in [4.69, 9.17) is 14.2 Å². The Hall–Kier alpha value is -1.89. The maximum atomic E-state index is 12.1. The summed E-state index contributed by atoms with van der Waals surface area (Å²) in [4.78, 5) is 20.9. The summed E-state index contributed by atoms with van der Waals surface area (Å²) in [6, 6.07) is 0. The van der Waals surface area contributed by atoms with Crippen molar-refractivity contribution < 1.29 is 23.5 Å². The maximum absolute atomic E-state index is 12.1. The number of likely N-dealkylation sites (N-methyl/N-ethyl adjacent to an activating group) is 1. The van der Waals surface area contributed by atoms with Gasteiger partial charge in [-0.1, -0.05) is 77.7 Å². The minimum absolute atomic E-state index is 0.278. The molecule has 196 valence electrons. The van der Waals surface area contributed by atoms with Gasteiger partial charge in [-0.05, 0) is 12.8 Å². The quantitative estimate of drug-likeness (QED) is 0.0803. The lowest BCUT2D eigenvalue weighted by Crippen LogP contribution is -2.51. The van der Waals surface area contributed by atoms with Crippen LogP contribution in [-0.4, -0.2) is 76.4 Å². The Morgan fingerprint density at radius 2 is 1.44 bits per heavy atom. The molecule has 0 saturated carbocycles. The van der Waals surface area contributed by atoms with E-state index in [2.05, 4.69) is 37.0 Å². The highest BCUT2D eigenvalue weighted by Crippen LogP contribution is 2.19. The molecule has 1 aliphatic heterocycles. The molecule has 0 fully saturated rings. The van der Waals surface area contributed by atoms with Gasteiger partial charge in [0.15, 0.2) is 0 Å². The molecule has 1 rings (SSSR count). The van der Waals surface area contributed by atoms with Gasteiger partial charge < -0.3 is 14.2 Å². The molecule has 0 aromatic heterocycles. The van der Waals surface area contributed by atoms with Crippen LogP contribution in [0.3, 0.4) is 0 Å². The molecule has 1 heterocycles. The van der Waals surface area contributed by atoms with Crippen LogP contribution >= 0.6 is 0 Å². The van der Waals surface area contributed by atoms with Crippen molar-refractivity contribution in [2.24, 2.45) is 9.98 Å². The number of carbonyl (C=O) groups excluding carboxylic acids is 1. The molecule has 0 N–H and O–H groups in total. The fourth-order valence-corrected chi connectivity index (χ4v) is 4.17. The van der Waals surface area contributed by atoms with Crippen molar-refractivity contribution in [3.8, 4) is 0 Å². The first-order valence-electron chi connectivity index (χ1n) is 13.4. The molecule has 0 aliphatic carbocycles. The zero-order valence-corrected chi connectivity index (χ0v) is 22.6. The fourth-order valence-electron chi connectivity index (χ4n) is 4.17. The number of rotatable bonds is 17. The van der Waals surface area contributed by atoms with E-state index < -0.39 is 6.16 Å². The van der Waals surface area contributed by atoms with Crippen LogP contribution in [-0.2, 0) is 14.2 Å². The van der Waals surface area contributed by atoms with Crippen molar-refractivity contribution in [3.63, 3.8) is 0 Å². The first-order chi connectivity index (χ1) is 16.5. The van der Waals surface area contributed by atoms with Gasteiger partial charge >= 0.3 is 6.16 Å². The number of carbonyl (C=O) groups is 1. The zero-order chi connectivity index (χ0) is 25.1. The predicted molar refractivity (Wildman–Crippen MR) is 141 cm³/mol. The summed E-state index contributed by atoms with van der Waals surface area (Å²) in [5, 5.41) is 0. The smallest absolute Gasteiger partial charge is 0.476 e. The van der Waals surface area contributed by atoms with Crippen LogP contribution in [0.25, 0.3) is 0 Å². The molecule has 1 aliphatic rings. The normalized spacial score (nSPS) is 19.0. The highest BCUT2D eigenvalue weighted by Gasteiger charge is 2.31. The third-order valence-electron chi connectivity index (χ3n) is 6.24. The van der Waals surface area contributed by atoms with Crippen molar-refractivity contribution >= 4 is 17.8 Å². The van der Waals surface area contributed by atoms with Crippen LogP contribution in [0, 0.1) is 0 Å². The summed E-state index contributed by atoms with van der Waals surface area (Å²) in [5.41, 5.74) is 1.88. The topological polar surface area (TPSA) is 69.5 Å². The molecule has 0 bridgehead atoms. The lowest BCUT2D eigenvalue weighted by Gasteiger charge is -2.36. The molecule has 34 heavy (non-hydrogen) atoms. The molecule has 7 nitrogen and oxygen atoms in total. The van der Waals surface area contributed by atoms with E-state index in [1.54, 1.807) is 14.1 Å². The van der Waals surface area contributed by atoms with Crippen molar-refractivity contribution in [1.29, 1.82) is 0 Å². The Morgan fingerprint density at radius 1 is 0.853 bits per heavy atom. The SMILES string of the molecule is CCCCCCCCCOC(=O)OC[N+]1(C)CCC=C(C(=NC)C(=NC)OCCCCCC)C1. The first kappa shape index (κ1) is 30.1. The van der Waals surface area contributed by atoms with E-state index in [1.165, 1.54) is 44.9 Å². The van der Waals surface area contributed by atoms with E-state index in [0.717, 1.165) is 49.9 Å². The van der Waals surface area contributed by atoms with Gasteiger partial charge in [0, 0.05) is 26.1 Å². The lowest BCUT2D eigenvalue weighted by molar-refractivity contribution is -0.922. The molecule has 7 heteroatoms. The summed E-state index contributed by atoms with van der Waals surface area (Å²) in [7, 11) is 5.62. The predicted octanol–water partition coefficient (Wildman–Crippen LogP) is 6.32. The third kappa shape index (κ3) is 12.5. The van der Waals surface area contributed by atoms with Gasteiger partial charge in [0.2, 0.25) is 12.6 Å². The molecule has 1 unspecified atom stereocenters. The largest absolute Gasteiger partial charge is 0.512 e. The van der Waals surface area contributed by atoms with Crippen LogP contribution in [0.15, 0.2) is 21.6 Å². The second kappa shape index (κ2) is 18.4. The van der Waals surface area contributed by atoms with E-state index >= 15 is 0 Å². The minimum atomic E-state index is -0.572.